The van der Waals surface area contributed by atoms with Crippen LogP contribution in [0.4, 0.5) is 11.4 Å². The maximum atomic E-state index is 10.8. The first-order chi connectivity index (χ1) is 15.7. The molecule has 2 aromatic rings. The lowest BCUT2D eigenvalue weighted by Gasteiger charge is -2.05. The van der Waals surface area contributed by atoms with Gasteiger partial charge in [0.15, 0.2) is 0 Å². The van der Waals surface area contributed by atoms with Crippen LogP contribution in [-0.4, -0.2) is 11.1 Å². The topological polar surface area (TPSA) is 67.5 Å². The third-order valence-electron chi connectivity index (χ3n) is 4.80. The van der Waals surface area contributed by atoms with Gasteiger partial charge in [0.05, 0.1) is 16.8 Å². The van der Waals surface area contributed by atoms with Crippen molar-refractivity contribution in [3.63, 3.8) is 0 Å². The molecule has 2 aromatic carbocycles. The van der Waals surface area contributed by atoms with Crippen LogP contribution in [0.1, 0.15) is 16.7 Å². The summed E-state index contributed by atoms with van der Waals surface area (Å²) in [6, 6.07) is 12.4. The van der Waals surface area contributed by atoms with E-state index in [0.29, 0.717) is 5.69 Å². The van der Waals surface area contributed by atoms with Gasteiger partial charge in [-0.25, -0.2) is 0 Å². The lowest BCUT2D eigenvalue weighted by Crippen LogP contribution is -1.93. The molecule has 10 radical (unpaired) electrons. The normalized spacial score (nSPS) is 17.9. The number of non-ortho nitro benzene ring substituents is 1. The summed E-state index contributed by atoms with van der Waals surface area (Å²) < 4.78 is 0. The van der Waals surface area contributed by atoms with E-state index in [1.165, 1.54) is 12.1 Å². The summed E-state index contributed by atoms with van der Waals surface area (Å²) in [6.45, 7) is 0. The Hall–Kier alpha value is -3.21. The summed E-state index contributed by atoms with van der Waals surface area (Å²) in [4.78, 5) is 10.4. The van der Waals surface area contributed by atoms with Gasteiger partial charge in [-0.15, -0.1) is 0 Å². The number of rotatable bonds is 8. The van der Waals surface area contributed by atoms with Crippen molar-refractivity contribution in [1.29, 1.82) is 0 Å². The van der Waals surface area contributed by atoms with Gasteiger partial charge in [0.25, 0.3) is 5.69 Å². The lowest BCUT2D eigenvalue weighted by molar-refractivity contribution is -0.384. The zero-order chi connectivity index (χ0) is 22.2. The van der Waals surface area contributed by atoms with E-state index in [2.05, 4.69) is 78.7 Å². The zero-order valence-corrected chi connectivity index (χ0v) is 17.3. The van der Waals surface area contributed by atoms with Gasteiger partial charge < -0.3 is 0 Å². The number of hydrazone groups is 1. The van der Waals surface area contributed by atoms with Crippen LogP contribution in [0, 0.1) is 73.3 Å². The molecule has 0 spiro atoms. The van der Waals surface area contributed by atoms with Crippen molar-refractivity contribution < 1.29 is 4.92 Å². The summed E-state index contributed by atoms with van der Waals surface area (Å²) in [6.07, 6.45) is 26.4. The Bertz CT molecular complexity index is 952. The average molecular weight is 419 g/mol. The van der Waals surface area contributed by atoms with Crippen LogP contribution in [0.3, 0.4) is 0 Å². The Balaban J connectivity index is 1.49. The number of anilines is 1. The van der Waals surface area contributed by atoms with Crippen LogP contribution in [0.5, 0.6) is 0 Å². The highest BCUT2D eigenvalue weighted by molar-refractivity contribution is 5.83. The number of hydrogen-bond donors (Lipinski definition) is 1. The number of nitro groups is 1. The number of nitrogens with one attached hydrogen (secondary N) is 1. The van der Waals surface area contributed by atoms with Crippen molar-refractivity contribution in [3.05, 3.63) is 145 Å². The van der Waals surface area contributed by atoms with E-state index in [0.717, 1.165) is 28.5 Å². The first-order valence-electron chi connectivity index (χ1n) is 10.1. The molecule has 4 rings (SSSR count). The Kier molecular flexibility index (Phi) is 7.49. The third kappa shape index (κ3) is 6.39. The van der Waals surface area contributed by atoms with Gasteiger partial charge in [-0.1, -0.05) is 24.3 Å². The van der Waals surface area contributed by atoms with Crippen molar-refractivity contribution in [3.8, 4) is 0 Å². The van der Waals surface area contributed by atoms with Crippen LogP contribution in [0.2, 0.25) is 0 Å². The van der Waals surface area contributed by atoms with Gasteiger partial charge in [-0.05, 0) is 98.4 Å². The summed E-state index contributed by atoms with van der Waals surface area (Å²) in [5.74, 6) is 2.30. The molecule has 0 unspecified atom stereocenters. The largest absolute Gasteiger partial charge is 0.278 e. The predicted octanol–water partition coefficient (Wildman–Crippen LogP) is 5.88. The van der Waals surface area contributed by atoms with Crippen molar-refractivity contribution >= 4 is 29.7 Å². The fourth-order valence-electron chi connectivity index (χ4n) is 3.19. The van der Waals surface area contributed by atoms with Crippen LogP contribution in [0.15, 0.2) is 59.7 Å². The molecule has 0 bridgehead atoms. The molecule has 1 N–H and O–H groups in total. The molecule has 5 nitrogen and oxygen atoms in total. The van der Waals surface area contributed by atoms with E-state index in [1.807, 2.05) is 25.7 Å². The minimum atomic E-state index is -0.425. The minimum absolute atomic E-state index is 0.0464. The molecule has 0 heterocycles. The van der Waals surface area contributed by atoms with E-state index in [4.69, 9.17) is 0 Å². The van der Waals surface area contributed by atoms with Crippen molar-refractivity contribution in [1.82, 2.24) is 0 Å². The zero-order valence-electron chi connectivity index (χ0n) is 17.3. The van der Waals surface area contributed by atoms with E-state index in [-0.39, 0.29) is 5.69 Å². The highest BCUT2D eigenvalue weighted by Gasteiger charge is 2.14. The highest BCUT2D eigenvalue weighted by Crippen LogP contribution is 2.27. The summed E-state index contributed by atoms with van der Waals surface area (Å²) in [5, 5.41) is 15.1. The Morgan fingerprint density at radius 2 is 1.22 bits per heavy atom. The molecule has 0 amide bonds. The van der Waals surface area contributed by atoms with Crippen molar-refractivity contribution in [2.75, 3.05) is 5.43 Å². The van der Waals surface area contributed by atoms with Gasteiger partial charge in [0.1, 0.15) is 0 Å². The molecule has 156 valence electrons. The van der Waals surface area contributed by atoms with Crippen molar-refractivity contribution in [2.24, 2.45) is 5.10 Å². The van der Waals surface area contributed by atoms with E-state index < -0.39 is 4.92 Å². The molecule has 2 fully saturated rings. The minimum Gasteiger partial charge on any atom is -0.278 e. The molecule has 0 aromatic heterocycles. The molecule has 0 saturated heterocycles. The number of nitrogens with zero attached hydrogens (tertiary/aromatic N) is 2. The van der Waals surface area contributed by atoms with Crippen LogP contribution < -0.4 is 5.43 Å². The maximum Gasteiger partial charge on any atom is 0.269 e. The number of nitro benzene ring substituents is 1. The quantitative estimate of drug-likeness (QED) is 0.330. The van der Waals surface area contributed by atoms with Gasteiger partial charge >= 0.3 is 0 Å². The second-order valence-electron chi connectivity index (χ2n) is 7.21. The van der Waals surface area contributed by atoms with Gasteiger partial charge in [-0.2, -0.15) is 5.10 Å². The Morgan fingerprint density at radius 1 is 0.719 bits per heavy atom. The SMILES string of the molecule is O=[N+]([O-])c1ccc(N/N=C/c2cc(/C=C/[C]3[CH][CH][CH][CH]3)cc(/C=C/[C]3[CH][CH][CH][CH]3)c2)cc1. The van der Waals surface area contributed by atoms with E-state index >= 15 is 0 Å². The maximum absolute atomic E-state index is 10.8. The molecule has 0 aliphatic heterocycles. The monoisotopic (exact) mass is 419 g/mol. The summed E-state index contributed by atoms with van der Waals surface area (Å²) >= 11 is 0. The number of hydrogen-bond acceptors (Lipinski definition) is 4. The molecule has 2 saturated carbocycles. The fourth-order valence-corrected chi connectivity index (χ4v) is 3.19. The molecule has 0 atom stereocenters. The highest BCUT2D eigenvalue weighted by atomic mass is 16.6. The molecule has 32 heavy (non-hydrogen) atoms. The van der Waals surface area contributed by atoms with Crippen LogP contribution >= 0.6 is 0 Å². The molecular weight excluding hydrogens is 398 g/mol. The lowest BCUT2D eigenvalue weighted by atomic mass is 10.0. The molecule has 2 aliphatic carbocycles. The molecule has 5 heteroatoms. The number of allylic oxidation sites excluding steroid dienone is 2. The predicted molar refractivity (Wildman–Crippen MR) is 130 cm³/mol. The summed E-state index contributed by atoms with van der Waals surface area (Å²) in [7, 11) is 0. The second kappa shape index (κ2) is 10.9. The smallest absolute Gasteiger partial charge is 0.269 e. The molecule has 2 aliphatic rings. The van der Waals surface area contributed by atoms with Gasteiger partial charge in [0.2, 0.25) is 0 Å². The first-order valence-corrected chi connectivity index (χ1v) is 10.1. The standard InChI is InChI=1S/C27H21N3O2/c31-30(32)27-15-13-26(14-16-27)29-28-20-25-18-23(11-9-21-5-1-2-6-21)17-24(19-25)12-10-22-7-3-4-8-22/h1-20,29H/b11-9+,12-10+,28-20+. The third-order valence-corrected chi connectivity index (χ3v) is 4.80. The molecular formula is C27H21N3O2. The van der Waals surface area contributed by atoms with Crippen molar-refractivity contribution in [2.45, 2.75) is 0 Å². The van der Waals surface area contributed by atoms with Crippen LogP contribution in [0.25, 0.3) is 12.2 Å². The van der Waals surface area contributed by atoms with Crippen LogP contribution in [-0.2, 0) is 0 Å². The average Bonchev–Trinajstić information content (AvgIpc) is 3.51. The Labute approximate surface area is 190 Å². The van der Waals surface area contributed by atoms with E-state index in [9.17, 15) is 10.1 Å². The van der Waals surface area contributed by atoms with Gasteiger partial charge in [0, 0.05) is 24.0 Å². The summed E-state index contributed by atoms with van der Waals surface area (Å²) in [5.41, 5.74) is 6.70. The fraction of sp³-hybridized carbons (Fsp3) is 0. The first kappa shape index (κ1) is 22.0. The Morgan fingerprint density at radius 3 is 1.72 bits per heavy atom. The van der Waals surface area contributed by atoms with Gasteiger partial charge in [-0.3, -0.25) is 15.5 Å². The van der Waals surface area contributed by atoms with E-state index in [1.54, 1.807) is 18.3 Å². The second-order valence-corrected chi connectivity index (χ2v) is 7.21. The number of benzene rings is 2.